The van der Waals surface area contributed by atoms with Crippen molar-refractivity contribution in [2.24, 2.45) is 11.3 Å². The van der Waals surface area contributed by atoms with Crippen molar-refractivity contribution in [1.29, 1.82) is 0 Å². The second kappa shape index (κ2) is 12.5. The average molecular weight is 580 g/mol. The zero-order chi connectivity index (χ0) is 30.9. The van der Waals surface area contributed by atoms with Gasteiger partial charge in [-0.05, 0) is 100 Å². The number of para-hydroxylation sites is 1. The van der Waals surface area contributed by atoms with Crippen LogP contribution in [-0.4, -0.2) is 22.5 Å². The van der Waals surface area contributed by atoms with Crippen LogP contribution < -0.4 is 5.32 Å². The Morgan fingerprint density at radius 2 is 1.65 bits per heavy atom. The summed E-state index contributed by atoms with van der Waals surface area (Å²) in [7, 11) is 0. The number of hydrogen-bond donors (Lipinski definition) is 1. The molecule has 3 unspecified atom stereocenters. The van der Waals surface area contributed by atoms with Gasteiger partial charge < -0.3 is 10.2 Å². The Labute approximate surface area is 260 Å². The Kier molecular flexibility index (Phi) is 9.07. The minimum absolute atomic E-state index is 0.00593. The summed E-state index contributed by atoms with van der Waals surface area (Å²) in [4.78, 5) is 21.1. The Morgan fingerprint density at radius 1 is 0.930 bits per heavy atom. The van der Waals surface area contributed by atoms with Crippen LogP contribution >= 0.6 is 0 Å². The monoisotopic (exact) mass is 579 g/mol. The first-order chi connectivity index (χ1) is 20.4. The molecule has 2 aromatic carbocycles. The fraction of sp³-hybridized carbons (Fsp3) is 0.538. The van der Waals surface area contributed by atoms with Gasteiger partial charge in [-0.3, -0.25) is 4.98 Å². The summed E-state index contributed by atoms with van der Waals surface area (Å²) in [5.74, 6) is 1.68. The van der Waals surface area contributed by atoms with Crippen LogP contribution in [0.5, 0.6) is 0 Å². The van der Waals surface area contributed by atoms with Crippen LogP contribution in [-0.2, 0) is 18.4 Å². The van der Waals surface area contributed by atoms with Crippen LogP contribution in [0.2, 0.25) is 0 Å². The number of nitrogens with one attached hydrogen (secondary N) is 1. The first-order valence-electron chi connectivity index (χ1n) is 16.6. The molecule has 4 heteroatoms. The lowest BCUT2D eigenvalue weighted by atomic mass is 9.49. The van der Waals surface area contributed by atoms with Crippen molar-refractivity contribution >= 4 is 11.7 Å². The fourth-order valence-corrected chi connectivity index (χ4v) is 8.40. The van der Waals surface area contributed by atoms with Crippen molar-refractivity contribution in [3.8, 4) is 0 Å². The highest BCUT2D eigenvalue weighted by Crippen LogP contribution is 2.57. The Hall–Kier alpha value is -3.14. The van der Waals surface area contributed by atoms with Crippen LogP contribution in [0.4, 0.5) is 10.5 Å². The van der Waals surface area contributed by atoms with Crippen molar-refractivity contribution in [3.05, 3.63) is 94.3 Å². The first kappa shape index (κ1) is 31.3. The lowest BCUT2D eigenvalue weighted by Gasteiger charge is -2.56. The number of amides is 2. The number of rotatable bonds is 8. The predicted molar refractivity (Wildman–Crippen MR) is 180 cm³/mol. The highest BCUT2D eigenvalue weighted by atomic mass is 16.2. The van der Waals surface area contributed by atoms with E-state index in [-0.39, 0.29) is 16.9 Å². The third-order valence-electron chi connectivity index (χ3n) is 10.7. The first-order valence-corrected chi connectivity index (χ1v) is 16.6. The summed E-state index contributed by atoms with van der Waals surface area (Å²) in [6, 6.07) is 19.7. The number of aromatic nitrogens is 1. The zero-order valence-corrected chi connectivity index (χ0v) is 27.8. The molecule has 230 valence electrons. The van der Waals surface area contributed by atoms with E-state index < -0.39 is 0 Å². The molecular weight excluding hydrogens is 526 g/mol. The molecule has 0 spiro atoms. The van der Waals surface area contributed by atoms with E-state index in [9.17, 15) is 4.79 Å². The zero-order valence-electron chi connectivity index (χ0n) is 27.8. The molecular formula is C39H53N3O. The van der Waals surface area contributed by atoms with Gasteiger partial charge in [0.25, 0.3) is 0 Å². The van der Waals surface area contributed by atoms with E-state index in [0.29, 0.717) is 30.2 Å². The summed E-state index contributed by atoms with van der Waals surface area (Å²) in [5.41, 5.74) is 8.96. The molecule has 0 bridgehead atoms. The molecule has 3 atom stereocenters. The minimum atomic E-state index is -0.0214. The van der Waals surface area contributed by atoms with Crippen LogP contribution in [0.1, 0.15) is 132 Å². The number of pyridine rings is 1. The number of carbonyl (C=O) groups is 1. The third-order valence-corrected chi connectivity index (χ3v) is 10.7. The topological polar surface area (TPSA) is 45.2 Å². The van der Waals surface area contributed by atoms with Crippen LogP contribution in [0, 0.1) is 11.3 Å². The van der Waals surface area contributed by atoms with Gasteiger partial charge in [0.1, 0.15) is 0 Å². The van der Waals surface area contributed by atoms with Gasteiger partial charge in [0.2, 0.25) is 0 Å². The summed E-state index contributed by atoms with van der Waals surface area (Å²) in [5, 5.41) is 3.44. The molecule has 4 nitrogen and oxygen atoms in total. The van der Waals surface area contributed by atoms with Gasteiger partial charge in [0.15, 0.2) is 0 Å². The molecule has 2 aliphatic rings. The molecule has 0 aliphatic heterocycles. The molecule has 0 saturated heterocycles. The lowest BCUT2D eigenvalue weighted by molar-refractivity contribution is 0.00450. The number of aryl methyl sites for hydroxylation is 1. The maximum atomic E-state index is 14.4. The van der Waals surface area contributed by atoms with Crippen molar-refractivity contribution < 1.29 is 4.79 Å². The quantitative estimate of drug-likeness (QED) is 0.289. The largest absolute Gasteiger partial charge is 0.322 e. The average Bonchev–Trinajstić information content (AvgIpc) is 2.96. The number of carbonyl (C=O) groups excluding carboxylic acids is 1. The van der Waals surface area contributed by atoms with Crippen molar-refractivity contribution in [3.63, 3.8) is 0 Å². The number of benzene rings is 2. The third kappa shape index (κ3) is 6.26. The molecule has 43 heavy (non-hydrogen) atoms. The summed E-state index contributed by atoms with van der Waals surface area (Å²) in [6.07, 6.45) is 7.67. The highest BCUT2D eigenvalue weighted by Gasteiger charge is 2.52. The maximum absolute atomic E-state index is 14.4. The molecule has 0 radical (unpaired) electrons. The van der Waals surface area contributed by atoms with Gasteiger partial charge in [0, 0.05) is 18.4 Å². The second-order valence-electron chi connectivity index (χ2n) is 14.8. The molecule has 1 aromatic heterocycles. The SMILES string of the molecule is CC(C)c1ccc2c(c1)CCC1C(C)(CN(Cc3ccccn3)C(=O)Nc3c(C(C)C)cccc3C(C)C)CCCC21C. The normalized spacial score (nSPS) is 23.3. The van der Waals surface area contributed by atoms with Crippen LogP contribution in [0.15, 0.2) is 60.8 Å². The van der Waals surface area contributed by atoms with Gasteiger partial charge in [-0.1, -0.05) is 104 Å². The Bertz CT molecular complexity index is 1400. The van der Waals surface area contributed by atoms with E-state index in [4.69, 9.17) is 0 Å². The van der Waals surface area contributed by atoms with Gasteiger partial charge in [-0.15, -0.1) is 0 Å². The Balaban J connectivity index is 1.49. The molecule has 5 rings (SSSR count). The second-order valence-corrected chi connectivity index (χ2v) is 14.8. The molecule has 1 heterocycles. The Morgan fingerprint density at radius 3 is 2.28 bits per heavy atom. The molecule has 3 aromatic rings. The fourth-order valence-electron chi connectivity index (χ4n) is 8.40. The van der Waals surface area contributed by atoms with Crippen molar-refractivity contribution in [2.45, 2.75) is 117 Å². The molecule has 2 amide bonds. The minimum Gasteiger partial charge on any atom is -0.318 e. The standard InChI is InChI=1S/C39H53N3O/c1-26(2)29-16-18-34-30(23-29)17-19-35-38(7,20-12-21-39(34,35)8)25-42(24-31-13-9-10-22-40-31)37(43)41-36-32(27(3)4)14-11-15-33(36)28(5)6/h9-11,13-16,18,22-23,26-28,35H,12,17,19-21,24-25H2,1-8H3,(H,41,43). The van der Waals surface area contributed by atoms with Crippen LogP contribution in [0.25, 0.3) is 0 Å². The molecule has 1 saturated carbocycles. The number of fused-ring (bicyclic) bond motifs is 3. The van der Waals surface area contributed by atoms with Gasteiger partial charge in [0.05, 0.1) is 12.2 Å². The van der Waals surface area contributed by atoms with E-state index in [0.717, 1.165) is 30.8 Å². The summed E-state index contributed by atoms with van der Waals surface area (Å²) in [6.45, 7) is 19.6. The summed E-state index contributed by atoms with van der Waals surface area (Å²) >= 11 is 0. The highest BCUT2D eigenvalue weighted by molar-refractivity contribution is 5.91. The number of urea groups is 1. The lowest BCUT2D eigenvalue weighted by Crippen LogP contribution is -2.54. The number of anilines is 1. The molecule has 1 fully saturated rings. The van der Waals surface area contributed by atoms with Gasteiger partial charge in [-0.2, -0.15) is 0 Å². The van der Waals surface area contributed by atoms with Crippen molar-refractivity contribution in [1.82, 2.24) is 9.88 Å². The van der Waals surface area contributed by atoms with Crippen LogP contribution in [0.3, 0.4) is 0 Å². The maximum Gasteiger partial charge on any atom is 0.322 e. The van der Waals surface area contributed by atoms with E-state index in [1.165, 1.54) is 36.0 Å². The number of hydrogen-bond acceptors (Lipinski definition) is 2. The van der Waals surface area contributed by atoms with Crippen molar-refractivity contribution in [2.75, 3.05) is 11.9 Å². The predicted octanol–water partition coefficient (Wildman–Crippen LogP) is 10.2. The van der Waals surface area contributed by atoms with E-state index >= 15 is 0 Å². The number of nitrogens with zero attached hydrogens (tertiary/aromatic N) is 2. The van der Waals surface area contributed by atoms with E-state index in [1.807, 2.05) is 24.4 Å². The van der Waals surface area contributed by atoms with Gasteiger partial charge >= 0.3 is 6.03 Å². The van der Waals surface area contributed by atoms with E-state index in [2.05, 4.69) is 107 Å². The van der Waals surface area contributed by atoms with E-state index in [1.54, 1.807) is 11.1 Å². The molecule has 2 aliphatic carbocycles. The smallest absolute Gasteiger partial charge is 0.318 e. The summed E-state index contributed by atoms with van der Waals surface area (Å²) < 4.78 is 0. The van der Waals surface area contributed by atoms with Gasteiger partial charge in [-0.25, -0.2) is 4.79 Å². The molecule has 1 N–H and O–H groups in total.